The van der Waals surface area contributed by atoms with Crippen molar-refractivity contribution in [1.82, 2.24) is 4.90 Å². The van der Waals surface area contributed by atoms with E-state index in [9.17, 15) is 23.4 Å². The van der Waals surface area contributed by atoms with Gasteiger partial charge in [-0.05, 0) is 39.4 Å². The van der Waals surface area contributed by atoms with Gasteiger partial charge in [-0.2, -0.15) is 4.99 Å². The van der Waals surface area contributed by atoms with E-state index in [-0.39, 0.29) is 23.7 Å². The molecule has 1 heterocycles. The second-order valence-electron chi connectivity index (χ2n) is 5.53. The molecule has 1 aliphatic rings. The third-order valence-electron chi connectivity index (χ3n) is 3.58. The van der Waals surface area contributed by atoms with Crippen molar-refractivity contribution >= 4 is 37.5 Å². The standard InChI is InChI=1S/C16H17BrN2O5S/c17-13-10-12(2-3-14(13)20)11-15(21)16(22)18-4-1-5-19-6-8-25(23,24)9-7-19/h2-3,5,10,15,20-21H,6-9,11H2/t15-/m1/s1. The summed E-state index contributed by atoms with van der Waals surface area (Å²) in [7, 11) is -2.95. The van der Waals surface area contributed by atoms with E-state index in [1.807, 2.05) is 0 Å². The Hall–Kier alpha value is -1.89. The normalized spacial score (nSPS) is 17.1. The van der Waals surface area contributed by atoms with E-state index in [1.165, 1.54) is 12.3 Å². The van der Waals surface area contributed by atoms with Crippen LogP contribution in [0.1, 0.15) is 5.56 Å². The number of carbonyl (C=O) groups is 1. The Morgan fingerprint density at radius 1 is 1.40 bits per heavy atom. The molecule has 0 spiro atoms. The number of rotatable bonds is 4. The molecule has 1 aromatic carbocycles. The van der Waals surface area contributed by atoms with Crippen molar-refractivity contribution in [3.63, 3.8) is 0 Å². The predicted octanol–water partition coefficient (Wildman–Crippen LogP) is 0.654. The van der Waals surface area contributed by atoms with Crippen LogP contribution in [0.3, 0.4) is 0 Å². The first-order chi connectivity index (χ1) is 11.8. The monoisotopic (exact) mass is 428 g/mol. The Morgan fingerprint density at radius 2 is 2.08 bits per heavy atom. The maximum Gasteiger partial charge on any atom is 0.283 e. The molecular formula is C16H17BrN2O5S. The number of aliphatic imine (C=N–C) groups is 1. The quantitative estimate of drug-likeness (QED) is 0.538. The zero-order chi connectivity index (χ0) is 18.4. The fourth-order valence-electron chi connectivity index (χ4n) is 2.13. The van der Waals surface area contributed by atoms with Gasteiger partial charge < -0.3 is 15.1 Å². The van der Waals surface area contributed by atoms with Crippen molar-refractivity contribution in [3.8, 4) is 5.75 Å². The SMILES string of the molecule is O=C(N=C=C=CN1CCS(=O)(=O)CC1)[C@H](O)Cc1ccc(O)c(Br)c1. The molecule has 9 heteroatoms. The van der Waals surface area contributed by atoms with Gasteiger partial charge >= 0.3 is 0 Å². The van der Waals surface area contributed by atoms with Gasteiger partial charge in [0, 0.05) is 25.4 Å². The predicted molar refractivity (Wildman–Crippen MR) is 96.3 cm³/mol. The topological polar surface area (TPSA) is 107 Å². The summed E-state index contributed by atoms with van der Waals surface area (Å²) in [6, 6.07) is 4.66. The van der Waals surface area contributed by atoms with Crippen molar-refractivity contribution in [2.75, 3.05) is 24.6 Å². The van der Waals surface area contributed by atoms with E-state index in [4.69, 9.17) is 0 Å². The molecule has 0 aliphatic carbocycles. The Balaban J connectivity index is 1.92. The number of carbonyl (C=O) groups excluding carboxylic acids is 1. The molecular weight excluding hydrogens is 412 g/mol. The largest absolute Gasteiger partial charge is 0.507 e. The Bertz CT molecular complexity index is 841. The molecule has 1 aliphatic heterocycles. The summed E-state index contributed by atoms with van der Waals surface area (Å²) in [4.78, 5) is 17.0. The van der Waals surface area contributed by atoms with Crippen LogP contribution in [0.5, 0.6) is 5.75 Å². The number of aliphatic hydroxyl groups is 1. The van der Waals surface area contributed by atoms with Gasteiger partial charge in [-0.25, -0.2) is 8.42 Å². The Labute approximate surface area is 154 Å². The lowest BCUT2D eigenvalue weighted by atomic mass is 10.1. The van der Waals surface area contributed by atoms with Crippen LogP contribution >= 0.6 is 15.9 Å². The lowest BCUT2D eigenvalue weighted by Gasteiger charge is -2.23. The molecule has 0 radical (unpaired) electrons. The fourth-order valence-corrected chi connectivity index (χ4v) is 3.78. The number of amides is 1. The lowest BCUT2D eigenvalue weighted by molar-refractivity contribution is -0.125. The third-order valence-corrected chi connectivity index (χ3v) is 5.83. The zero-order valence-electron chi connectivity index (χ0n) is 13.2. The van der Waals surface area contributed by atoms with Gasteiger partial charge in [-0.1, -0.05) is 6.07 Å². The second-order valence-corrected chi connectivity index (χ2v) is 8.69. The van der Waals surface area contributed by atoms with Crippen LogP contribution in [-0.4, -0.2) is 66.0 Å². The van der Waals surface area contributed by atoms with Gasteiger partial charge in [0.15, 0.2) is 9.84 Å². The minimum atomic E-state index is -2.95. The number of sulfone groups is 1. The van der Waals surface area contributed by atoms with Crippen LogP contribution in [0.15, 0.2) is 39.6 Å². The van der Waals surface area contributed by atoms with Crippen LogP contribution in [0.25, 0.3) is 0 Å². The number of hydrogen-bond acceptors (Lipinski definition) is 6. The van der Waals surface area contributed by atoms with Crippen LogP contribution < -0.4 is 0 Å². The average Bonchev–Trinajstić information content (AvgIpc) is 2.56. The third kappa shape index (κ3) is 6.16. The highest BCUT2D eigenvalue weighted by Crippen LogP contribution is 2.24. The van der Waals surface area contributed by atoms with Gasteiger partial charge in [0.05, 0.1) is 22.2 Å². The first-order valence-electron chi connectivity index (χ1n) is 7.45. The first-order valence-corrected chi connectivity index (χ1v) is 10.1. The molecule has 1 saturated heterocycles. The summed E-state index contributed by atoms with van der Waals surface area (Å²) in [6.07, 6.45) is 0.219. The maximum atomic E-state index is 11.7. The number of aromatic hydroxyl groups is 1. The molecule has 25 heavy (non-hydrogen) atoms. The van der Waals surface area contributed by atoms with Crippen LogP contribution in [0.4, 0.5) is 0 Å². The average molecular weight is 429 g/mol. The fraction of sp³-hybridized carbons (Fsp3) is 0.375. The molecule has 0 bridgehead atoms. The lowest BCUT2D eigenvalue weighted by Crippen LogP contribution is -2.36. The molecule has 0 unspecified atom stereocenters. The van der Waals surface area contributed by atoms with Crippen LogP contribution in [-0.2, 0) is 21.1 Å². The van der Waals surface area contributed by atoms with Crippen LogP contribution in [0, 0.1) is 0 Å². The molecule has 7 nitrogen and oxygen atoms in total. The number of phenols is 1. The van der Waals surface area contributed by atoms with E-state index >= 15 is 0 Å². The van der Waals surface area contributed by atoms with Crippen molar-refractivity contribution in [1.29, 1.82) is 0 Å². The molecule has 0 aromatic heterocycles. The van der Waals surface area contributed by atoms with E-state index < -0.39 is 21.8 Å². The summed E-state index contributed by atoms with van der Waals surface area (Å²) in [6.45, 7) is 0.729. The summed E-state index contributed by atoms with van der Waals surface area (Å²) < 4.78 is 23.1. The second kappa shape index (κ2) is 8.47. The summed E-state index contributed by atoms with van der Waals surface area (Å²) in [5.74, 6) is 1.79. The number of phenolic OH excluding ortho intramolecular Hbond substituents is 1. The number of benzene rings is 1. The number of halogens is 1. The molecule has 0 saturated carbocycles. The minimum Gasteiger partial charge on any atom is -0.507 e. The van der Waals surface area contributed by atoms with Gasteiger partial charge in [0.2, 0.25) is 0 Å². The Kier molecular flexibility index (Phi) is 6.58. The van der Waals surface area contributed by atoms with E-state index in [0.717, 1.165) is 0 Å². The van der Waals surface area contributed by atoms with Gasteiger partial charge in [-0.15, -0.1) is 0 Å². The highest BCUT2D eigenvalue weighted by Gasteiger charge is 2.19. The van der Waals surface area contributed by atoms with Gasteiger partial charge in [0.25, 0.3) is 5.91 Å². The van der Waals surface area contributed by atoms with Gasteiger partial charge in [-0.3, -0.25) is 4.79 Å². The van der Waals surface area contributed by atoms with Crippen molar-refractivity contribution in [2.24, 2.45) is 4.99 Å². The van der Waals surface area contributed by atoms with Gasteiger partial charge in [0.1, 0.15) is 11.9 Å². The molecule has 134 valence electrons. The van der Waals surface area contributed by atoms with E-state index in [0.29, 0.717) is 23.1 Å². The molecule has 1 fully saturated rings. The summed E-state index contributed by atoms with van der Waals surface area (Å²) in [5, 5.41) is 19.3. The minimum absolute atomic E-state index is 0.0522. The molecule has 2 rings (SSSR count). The molecule has 1 amide bonds. The van der Waals surface area contributed by atoms with Crippen molar-refractivity contribution < 1.29 is 23.4 Å². The number of nitrogens with zero attached hydrogens (tertiary/aromatic N) is 2. The highest BCUT2D eigenvalue weighted by molar-refractivity contribution is 9.10. The molecule has 2 N–H and O–H groups in total. The molecule has 1 aromatic rings. The number of aliphatic hydroxyl groups excluding tert-OH is 1. The molecule has 1 atom stereocenters. The Morgan fingerprint density at radius 3 is 2.72 bits per heavy atom. The van der Waals surface area contributed by atoms with E-state index in [2.05, 4.69) is 32.5 Å². The zero-order valence-corrected chi connectivity index (χ0v) is 15.6. The summed E-state index contributed by atoms with van der Waals surface area (Å²) >= 11 is 3.16. The van der Waals surface area contributed by atoms with Crippen molar-refractivity contribution in [2.45, 2.75) is 12.5 Å². The van der Waals surface area contributed by atoms with Crippen LogP contribution in [0.2, 0.25) is 0 Å². The van der Waals surface area contributed by atoms with E-state index in [1.54, 1.807) is 17.0 Å². The van der Waals surface area contributed by atoms with Crippen molar-refractivity contribution in [3.05, 3.63) is 40.2 Å². The smallest absolute Gasteiger partial charge is 0.283 e. The first kappa shape index (κ1) is 19.4. The highest BCUT2D eigenvalue weighted by atomic mass is 79.9. The summed E-state index contributed by atoms with van der Waals surface area (Å²) in [5.41, 5.74) is 3.23. The number of hydrogen-bond donors (Lipinski definition) is 2. The maximum absolute atomic E-state index is 11.7.